The highest BCUT2D eigenvalue weighted by Crippen LogP contribution is 2.27. The van der Waals surface area contributed by atoms with E-state index < -0.39 is 0 Å². The molecule has 0 unspecified atom stereocenters. The number of fused-ring (bicyclic) bond motifs is 1. The van der Waals surface area contributed by atoms with E-state index in [9.17, 15) is 4.79 Å². The fourth-order valence-electron chi connectivity index (χ4n) is 3.44. The van der Waals surface area contributed by atoms with Gasteiger partial charge in [0.05, 0.1) is 18.5 Å². The van der Waals surface area contributed by atoms with E-state index in [0.29, 0.717) is 0 Å². The predicted molar refractivity (Wildman–Crippen MR) is 112 cm³/mol. The molecule has 2 aromatic heterocycles. The number of piperazine rings is 1. The average molecular weight is 398 g/mol. The molecule has 1 saturated heterocycles. The number of anilines is 2. The van der Waals surface area contributed by atoms with Crippen LogP contribution >= 0.6 is 11.3 Å². The molecule has 1 N–H and O–H groups in total. The molecule has 0 radical (unpaired) electrons. The lowest BCUT2D eigenvalue weighted by molar-refractivity contribution is -0.120. The summed E-state index contributed by atoms with van der Waals surface area (Å²) in [5.74, 6) is 1.76. The topological polar surface area (TPSA) is 70.6 Å². The van der Waals surface area contributed by atoms with Crippen LogP contribution < -0.4 is 15.0 Å². The molecule has 1 atom stereocenters. The molecule has 3 heterocycles. The number of ether oxygens (including phenoxy) is 1. The summed E-state index contributed by atoms with van der Waals surface area (Å²) in [7, 11) is 1.63. The van der Waals surface area contributed by atoms with Crippen LogP contribution in [0.4, 0.5) is 11.5 Å². The van der Waals surface area contributed by atoms with E-state index in [4.69, 9.17) is 4.74 Å². The molecule has 3 aromatic rings. The van der Waals surface area contributed by atoms with Crippen molar-refractivity contribution in [2.24, 2.45) is 0 Å². The lowest BCUT2D eigenvalue weighted by Crippen LogP contribution is -2.53. The van der Waals surface area contributed by atoms with E-state index in [1.54, 1.807) is 24.8 Å². The van der Waals surface area contributed by atoms with Crippen molar-refractivity contribution in [1.29, 1.82) is 0 Å². The molecule has 1 amide bonds. The number of carbonyl (C=O) groups is 1. The smallest absolute Gasteiger partial charge is 0.241 e. The Kier molecular flexibility index (Phi) is 5.40. The normalized spacial score (nSPS) is 16.1. The molecule has 1 aliphatic rings. The van der Waals surface area contributed by atoms with Crippen molar-refractivity contribution >= 4 is 39.0 Å². The van der Waals surface area contributed by atoms with Crippen molar-refractivity contribution in [3.05, 3.63) is 42.0 Å². The Morgan fingerprint density at radius 2 is 1.89 bits per heavy atom. The average Bonchev–Trinajstić information content (AvgIpc) is 3.23. The van der Waals surface area contributed by atoms with Gasteiger partial charge in [-0.05, 0) is 42.6 Å². The van der Waals surface area contributed by atoms with E-state index in [-0.39, 0.29) is 11.9 Å². The van der Waals surface area contributed by atoms with Crippen molar-refractivity contribution in [2.45, 2.75) is 13.0 Å². The third kappa shape index (κ3) is 3.79. The maximum absolute atomic E-state index is 12.6. The standard InChI is InChI=1S/C20H23N5O2S/c1-14(19(26)23-15-3-5-16(27-2)6-4-15)24-8-10-25(11-9-24)18-17-7-12-28-20(17)22-13-21-18/h3-7,12-14H,8-11H2,1-2H3,(H,23,26)/t14-/m0/s1. The fraction of sp³-hybridized carbons (Fsp3) is 0.350. The Morgan fingerprint density at radius 1 is 1.14 bits per heavy atom. The Balaban J connectivity index is 1.36. The molecule has 28 heavy (non-hydrogen) atoms. The Hall–Kier alpha value is -2.71. The SMILES string of the molecule is COc1ccc(NC(=O)[C@H](C)N2CCN(c3ncnc4sccc34)CC2)cc1. The van der Waals surface area contributed by atoms with E-state index in [2.05, 4.69) is 31.2 Å². The van der Waals surface area contributed by atoms with Crippen molar-refractivity contribution < 1.29 is 9.53 Å². The van der Waals surface area contributed by atoms with Crippen LogP contribution in [-0.4, -0.2) is 60.1 Å². The van der Waals surface area contributed by atoms with Gasteiger partial charge in [-0.25, -0.2) is 9.97 Å². The van der Waals surface area contributed by atoms with E-state index in [0.717, 1.165) is 53.7 Å². The summed E-state index contributed by atoms with van der Waals surface area (Å²) in [4.78, 5) is 27.0. The van der Waals surface area contributed by atoms with Crippen molar-refractivity contribution in [3.8, 4) is 5.75 Å². The van der Waals surface area contributed by atoms with Gasteiger partial charge in [-0.1, -0.05) is 0 Å². The van der Waals surface area contributed by atoms with Crippen LogP contribution in [0.5, 0.6) is 5.75 Å². The van der Waals surface area contributed by atoms with Gasteiger partial charge >= 0.3 is 0 Å². The highest BCUT2D eigenvalue weighted by atomic mass is 32.1. The highest BCUT2D eigenvalue weighted by Gasteiger charge is 2.27. The van der Waals surface area contributed by atoms with Crippen LogP contribution in [-0.2, 0) is 4.79 Å². The molecule has 7 nitrogen and oxygen atoms in total. The van der Waals surface area contributed by atoms with Crippen molar-refractivity contribution in [1.82, 2.24) is 14.9 Å². The third-order valence-corrected chi connectivity index (χ3v) is 5.96. The number of aromatic nitrogens is 2. The van der Waals surface area contributed by atoms with Crippen molar-refractivity contribution in [3.63, 3.8) is 0 Å². The van der Waals surface area contributed by atoms with Gasteiger partial charge in [-0.3, -0.25) is 9.69 Å². The first-order chi connectivity index (χ1) is 13.7. The third-order valence-electron chi connectivity index (χ3n) is 5.14. The van der Waals surface area contributed by atoms with Crippen molar-refractivity contribution in [2.75, 3.05) is 43.5 Å². The minimum atomic E-state index is -0.198. The van der Waals surface area contributed by atoms with Crippen LogP contribution in [0, 0.1) is 0 Å². The number of hydrogen-bond acceptors (Lipinski definition) is 7. The second-order valence-electron chi connectivity index (χ2n) is 6.75. The first kappa shape index (κ1) is 18.6. The van der Waals surface area contributed by atoms with Gasteiger partial charge in [-0.2, -0.15) is 0 Å². The van der Waals surface area contributed by atoms with Crippen LogP contribution in [0.1, 0.15) is 6.92 Å². The number of thiophene rings is 1. The minimum absolute atomic E-state index is 0.000813. The zero-order valence-electron chi connectivity index (χ0n) is 16.0. The zero-order valence-corrected chi connectivity index (χ0v) is 16.8. The zero-order chi connectivity index (χ0) is 19.5. The summed E-state index contributed by atoms with van der Waals surface area (Å²) < 4.78 is 5.15. The number of methoxy groups -OCH3 is 1. The number of benzene rings is 1. The number of amides is 1. The molecule has 1 aliphatic heterocycles. The van der Waals surface area contributed by atoms with Crippen LogP contribution in [0.15, 0.2) is 42.0 Å². The molecular formula is C20H23N5O2S. The molecule has 1 aromatic carbocycles. The number of carbonyl (C=O) groups excluding carboxylic acids is 1. The number of nitrogens with one attached hydrogen (secondary N) is 1. The van der Waals surface area contributed by atoms with E-state index in [1.807, 2.05) is 36.6 Å². The largest absolute Gasteiger partial charge is 0.497 e. The van der Waals surface area contributed by atoms with E-state index >= 15 is 0 Å². The lowest BCUT2D eigenvalue weighted by atomic mass is 10.2. The second-order valence-corrected chi connectivity index (χ2v) is 7.65. The minimum Gasteiger partial charge on any atom is -0.497 e. The maximum atomic E-state index is 12.6. The summed E-state index contributed by atoms with van der Waals surface area (Å²) in [6.07, 6.45) is 1.63. The maximum Gasteiger partial charge on any atom is 0.241 e. The summed E-state index contributed by atoms with van der Waals surface area (Å²) in [5.41, 5.74) is 0.775. The van der Waals surface area contributed by atoms with Gasteiger partial charge in [0.1, 0.15) is 22.7 Å². The first-order valence-electron chi connectivity index (χ1n) is 9.28. The summed E-state index contributed by atoms with van der Waals surface area (Å²) in [6.45, 7) is 5.25. The monoisotopic (exact) mass is 397 g/mol. The van der Waals surface area contributed by atoms with Gasteiger partial charge in [0, 0.05) is 31.9 Å². The summed E-state index contributed by atoms with van der Waals surface area (Å²) in [5, 5.41) is 6.13. The van der Waals surface area contributed by atoms with Crippen LogP contribution in [0.3, 0.4) is 0 Å². The van der Waals surface area contributed by atoms with Gasteiger partial charge < -0.3 is 15.0 Å². The fourth-order valence-corrected chi connectivity index (χ4v) is 4.16. The molecular weight excluding hydrogens is 374 g/mol. The van der Waals surface area contributed by atoms with Crippen LogP contribution in [0.2, 0.25) is 0 Å². The number of nitrogens with zero attached hydrogens (tertiary/aromatic N) is 4. The van der Waals surface area contributed by atoms with Crippen LogP contribution in [0.25, 0.3) is 10.2 Å². The summed E-state index contributed by atoms with van der Waals surface area (Å²) >= 11 is 1.63. The molecule has 1 fully saturated rings. The van der Waals surface area contributed by atoms with E-state index in [1.165, 1.54) is 0 Å². The number of rotatable bonds is 5. The molecule has 4 rings (SSSR count). The second kappa shape index (κ2) is 8.12. The van der Waals surface area contributed by atoms with Gasteiger partial charge in [0.25, 0.3) is 0 Å². The van der Waals surface area contributed by atoms with Gasteiger partial charge in [0.2, 0.25) is 5.91 Å². The molecule has 0 bridgehead atoms. The molecule has 0 aliphatic carbocycles. The predicted octanol–water partition coefficient (Wildman–Crippen LogP) is 2.85. The first-order valence-corrected chi connectivity index (χ1v) is 10.2. The Labute approximate surface area is 168 Å². The quantitative estimate of drug-likeness (QED) is 0.714. The highest BCUT2D eigenvalue weighted by molar-refractivity contribution is 7.16. The Morgan fingerprint density at radius 3 is 2.61 bits per heavy atom. The Bertz CT molecular complexity index is 951. The molecule has 0 saturated carbocycles. The lowest BCUT2D eigenvalue weighted by Gasteiger charge is -2.38. The van der Waals surface area contributed by atoms with Gasteiger partial charge in [-0.15, -0.1) is 11.3 Å². The number of hydrogen-bond donors (Lipinski definition) is 1. The summed E-state index contributed by atoms with van der Waals surface area (Å²) in [6, 6.07) is 9.26. The molecule has 146 valence electrons. The molecule has 8 heteroatoms. The van der Waals surface area contributed by atoms with Gasteiger partial charge in [0.15, 0.2) is 0 Å². The molecule has 0 spiro atoms.